The van der Waals surface area contributed by atoms with Crippen LogP contribution in [0.25, 0.3) is 0 Å². The minimum Gasteiger partial charge on any atom is -0.486 e. The van der Waals surface area contributed by atoms with E-state index in [2.05, 4.69) is 15.5 Å². The fraction of sp³-hybridized carbons (Fsp3) is 0.650. The Labute approximate surface area is 165 Å². The summed E-state index contributed by atoms with van der Waals surface area (Å²) in [5.74, 6) is 0.844. The Hall–Kier alpha value is -2.03. The average molecular weight is 393 g/mol. The van der Waals surface area contributed by atoms with Crippen molar-refractivity contribution in [3.8, 4) is 11.5 Å². The number of carbonyl (C=O) groups excluding carboxylic acids is 1. The summed E-state index contributed by atoms with van der Waals surface area (Å²) in [6, 6.07) is 3.57. The molecule has 0 spiro atoms. The third kappa shape index (κ3) is 5.06. The second kappa shape index (κ2) is 9.95. The summed E-state index contributed by atoms with van der Waals surface area (Å²) in [6.07, 6.45) is 2.07. The van der Waals surface area contributed by atoms with Crippen molar-refractivity contribution >= 4 is 11.6 Å². The van der Waals surface area contributed by atoms with E-state index in [9.17, 15) is 9.90 Å². The minimum absolute atomic E-state index is 0.0264. The van der Waals surface area contributed by atoms with Crippen LogP contribution < -0.4 is 20.1 Å². The molecular weight excluding hydrogens is 362 g/mol. The highest BCUT2D eigenvalue weighted by Gasteiger charge is 2.29. The lowest BCUT2D eigenvalue weighted by Gasteiger charge is -2.36. The zero-order valence-corrected chi connectivity index (χ0v) is 16.4. The third-order valence-electron chi connectivity index (χ3n) is 5.39. The predicted octanol–water partition coefficient (Wildman–Crippen LogP) is 0.685. The predicted molar refractivity (Wildman–Crippen MR) is 106 cm³/mol. The Kier molecular flexibility index (Phi) is 7.36. The molecule has 0 radical (unpaired) electrons. The van der Waals surface area contributed by atoms with Gasteiger partial charge in [-0.1, -0.05) is 0 Å². The van der Waals surface area contributed by atoms with Gasteiger partial charge in [-0.15, -0.1) is 0 Å². The molecule has 0 bridgehead atoms. The number of benzene rings is 1. The number of hydrogen-bond acceptors (Lipinski definition) is 7. The number of β-amino-alcohol motifs (C(OH)–C–C–N with tert-alkyl or cyclic N) is 1. The standard InChI is InChI=1S/C20H31N3O5/c1-21-15-10-16(19-18(11-15)27-8-9-28-19)20(26)22-12-14-4-6-23(13-17(14)25)5-2-3-7-24/h10-11,14,17,21,24-25H,2-9,12-13H2,1H3,(H,22,26)/t14-,17+/m0/s1. The fourth-order valence-electron chi connectivity index (χ4n) is 3.72. The van der Waals surface area contributed by atoms with Gasteiger partial charge in [0.05, 0.1) is 11.7 Å². The van der Waals surface area contributed by atoms with Crippen LogP contribution in [0.2, 0.25) is 0 Å². The van der Waals surface area contributed by atoms with E-state index < -0.39 is 6.10 Å². The fourth-order valence-corrected chi connectivity index (χ4v) is 3.72. The Morgan fingerprint density at radius 3 is 2.86 bits per heavy atom. The summed E-state index contributed by atoms with van der Waals surface area (Å²) in [6.45, 7) is 3.89. The number of aliphatic hydroxyl groups excluding tert-OH is 2. The molecule has 28 heavy (non-hydrogen) atoms. The largest absolute Gasteiger partial charge is 0.486 e. The number of likely N-dealkylation sites (tertiary alicyclic amines) is 1. The maximum absolute atomic E-state index is 12.8. The van der Waals surface area contributed by atoms with Crippen molar-refractivity contribution in [2.75, 3.05) is 58.4 Å². The smallest absolute Gasteiger partial charge is 0.255 e. The van der Waals surface area contributed by atoms with E-state index in [1.165, 1.54) is 0 Å². The molecule has 1 saturated heterocycles. The highest BCUT2D eigenvalue weighted by molar-refractivity contribution is 5.99. The van der Waals surface area contributed by atoms with Crippen LogP contribution in [0, 0.1) is 5.92 Å². The van der Waals surface area contributed by atoms with E-state index in [0.717, 1.165) is 38.0 Å². The van der Waals surface area contributed by atoms with Gasteiger partial charge in [0.2, 0.25) is 0 Å². The van der Waals surface area contributed by atoms with Gasteiger partial charge in [0, 0.05) is 44.4 Å². The molecule has 0 saturated carbocycles. The lowest BCUT2D eigenvalue weighted by molar-refractivity contribution is 0.0212. The van der Waals surface area contributed by atoms with E-state index in [0.29, 0.717) is 43.4 Å². The molecule has 4 N–H and O–H groups in total. The number of hydrogen-bond donors (Lipinski definition) is 4. The summed E-state index contributed by atoms with van der Waals surface area (Å²) in [7, 11) is 1.79. The number of piperidine rings is 1. The van der Waals surface area contributed by atoms with Gasteiger partial charge in [-0.3, -0.25) is 4.79 Å². The van der Waals surface area contributed by atoms with Crippen molar-refractivity contribution in [1.82, 2.24) is 10.2 Å². The first-order valence-electron chi connectivity index (χ1n) is 10.0. The first-order chi connectivity index (χ1) is 13.6. The molecule has 3 rings (SSSR count). The monoisotopic (exact) mass is 393 g/mol. The first kappa shape index (κ1) is 20.7. The van der Waals surface area contributed by atoms with Crippen LogP contribution in [0.5, 0.6) is 11.5 Å². The molecule has 1 aromatic rings. The van der Waals surface area contributed by atoms with Crippen LogP contribution in [-0.4, -0.2) is 80.2 Å². The first-order valence-corrected chi connectivity index (χ1v) is 10.0. The van der Waals surface area contributed by atoms with E-state index >= 15 is 0 Å². The number of rotatable bonds is 8. The Bertz CT molecular complexity index is 669. The zero-order valence-electron chi connectivity index (χ0n) is 16.4. The van der Waals surface area contributed by atoms with E-state index in [4.69, 9.17) is 14.6 Å². The van der Waals surface area contributed by atoms with E-state index in [1.807, 2.05) is 6.07 Å². The van der Waals surface area contributed by atoms with Crippen molar-refractivity contribution in [3.05, 3.63) is 17.7 Å². The topological polar surface area (TPSA) is 103 Å². The molecule has 0 aliphatic carbocycles. The maximum Gasteiger partial charge on any atom is 0.255 e. The lowest BCUT2D eigenvalue weighted by Crippen LogP contribution is -2.47. The van der Waals surface area contributed by atoms with Crippen LogP contribution in [-0.2, 0) is 0 Å². The van der Waals surface area contributed by atoms with Crippen molar-refractivity contribution < 1.29 is 24.5 Å². The maximum atomic E-state index is 12.8. The SMILES string of the molecule is CNc1cc2c(c(C(=O)NC[C@@H]3CCN(CCCCO)C[C@H]3O)c1)OCCO2. The molecule has 1 aromatic carbocycles. The van der Waals surface area contributed by atoms with Gasteiger partial charge in [0.1, 0.15) is 13.2 Å². The van der Waals surface area contributed by atoms with Crippen LogP contribution in [0.15, 0.2) is 12.1 Å². The number of fused-ring (bicyclic) bond motifs is 1. The van der Waals surface area contributed by atoms with E-state index in [-0.39, 0.29) is 18.4 Å². The number of nitrogens with one attached hydrogen (secondary N) is 2. The molecule has 8 heteroatoms. The van der Waals surface area contributed by atoms with Gasteiger partial charge >= 0.3 is 0 Å². The molecule has 1 fully saturated rings. The molecule has 2 aliphatic rings. The number of nitrogens with zero attached hydrogens (tertiary/aromatic N) is 1. The number of carbonyl (C=O) groups is 1. The molecule has 1 amide bonds. The normalized spacial score (nSPS) is 22.0. The molecule has 2 heterocycles. The molecule has 0 aromatic heterocycles. The second-order valence-electron chi connectivity index (χ2n) is 7.36. The second-order valence-corrected chi connectivity index (χ2v) is 7.36. The lowest BCUT2D eigenvalue weighted by atomic mass is 9.93. The molecular formula is C20H31N3O5. The summed E-state index contributed by atoms with van der Waals surface area (Å²) >= 11 is 0. The van der Waals surface area contributed by atoms with Crippen LogP contribution >= 0.6 is 0 Å². The summed E-state index contributed by atoms with van der Waals surface area (Å²) in [4.78, 5) is 15.0. The molecule has 156 valence electrons. The quantitative estimate of drug-likeness (QED) is 0.482. The summed E-state index contributed by atoms with van der Waals surface area (Å²) in [5, 5.41) is 25.3. The van der Waals surface area contributed by atoms with E-state index in [1.54, 1.807) is 13.1 Å². The third-order valence-corrected chi connectivity index (χ3v) is 5.39. The number of unbranched alkanes of at least 4 members (excludes halogenated alkanes) is 1. The van der Waals surface area contributed by atoms with Gasteiger partial charge in [-0.05, 0) is 38.4 Å². The highest BCUT2D eigenvalue weighted by atomic mass is 16.6. The van der Waals surface area contributed by atoms with Crippen LogP contribution in [0.3, 0.4) is 0 Å². The number of ether oxygens (including phenoxy) is 2. The summed E-state index contributed by atoms with van der Waals surface area (Å²) < 4.78 is 11.3. The molecule has 2 atom stereocenters. The highest BCUT2D eigenvalue weighted by Crippen LogP contribution is 2.37. The van der Waals surface area contributed by atoms with Crippen LogP contribution in [0.1, 0.15) is 29.6 Å². The van der Waals surface area contributed by atoms with Crippen molar-refractivity contribution in [2.24, 2.45) is 5.92 Å². The van der Waals surface area contributed by atoms with Crippen LogP contribution in [0.4, 0.5) is 5.69 Å². The van der Waals surface area contributed by atoms with Gasteiger partial charge in [-0.25, -0.2) is 0 Å². The Morgan fingerprint density at radius 2 is 2.11 bits per heavy atom. The summed E-state index contributed by atoms with van der Waals surface area (Å²) in [5.41, 5.74) is 1.23. The van der Waals surface area contributed by atoms with Gasteiger partial charge in [0.25, 0.3) is 5.91 Å². The van der Waals surface area contributed by atoms with Gasteiger partial charge < -0.3 is 35.2 Å². The van der Waals surface area contributed by atoms with Crippen molar-refractivity contribution in [1.29, 1.82) is 0 Å². The Morgan fingerprint density at radius 1 is 1.29 bits per heavy atom. The number of anilines is 1. The van der Waals surface area contributed by atoms with Crippen molar-refractivity contribution in [2.45, 2.75) is 25.4 Å². The minimum atomic E-state index is -0.472. The van der Waals surface area contributed by atoms with Crippen molar-refractivity contribution in [3.63, 3.8) is 0 Å². The zero-order chi connectivity index (χ0) is 19.9. The Balaban J connectivity index is 1.56. The van der Waals surface area contributed by atoms with Gasteiger partial charge in [-0.2, -0.15) is 0 Å². The molecule has 2 aliphatic heterocycles. The molecule has 8 nitrogen and oxygen atoms in total. The molecule has 0 unspecified atom stereocenters. The van der Waals surface area contributed by atoms with Gasteiger partial charge in [0.15, 0.2) is 11.5 Å². The average Bonchev–Trinajstić information content (AvgIpc) is 2.72. The number of amides is 1. The number of aliphatic hydroxyl groups is 2.